The van der Waals surface area contributed by atoms with Gasteiger partial charge in [0, 0.05) is 24.1 Å². The monoisotopic (exact) mass is 333 g/mol. The summed E-state index contributed by atoms with van der Waals surface area (Å²) in [5.74, 6) is 0.420. The Balaban J connectivity index is 1.88. The average Bonchev–Trinajstić information content (AvgIpc) is 2.93. The summed E-state index contributed by atoms with van der Waals surface area (Å²) in [5.41, 5.74) is 3.42. The Hall–Kier alpha value is -2.62. The van der Waals surface area contributed by atoms with E-state index < -0.39 is 0 Å². The van der Waals surface area contributed by atoms with Crippen molar-refractivity contribution < 1.29 is 4.79 Å². The summed E-state index contributed by atoms with van der Waals surface area (Å²) in [4.78, 5) is 11.5. The second-order valence-electron chi connectivity index (χ2n) is 6.85. The molecule has 1 atom stereocenters. The van der Waals surface area contributed by atoms with Crippen molar-refractivity contribution in [2.75, 3.05) is 6.54 Å². The molecule has 128 valence electrons. The zero-order valence-corrected chi connectivity index (χ0v) is 14.5. The molecule has 4 rings (SSSR count). The summed E-state index contributed by atoms with van der Waals surface area (Å²) in [7, 11) is 0. The number of allylic oxidation sites excluding steroid dienone is 2. The molecule has 0 bridgehead atoms. The van der Waals surface area contributed by atoms with Crippen molar-refractivity contribution >= 4 is 18.1 Å². The second-order valence-corrected chi connectivity index (χ2v) is 6.85. The molecule has 1 aromatic carbocycles. The summed E-state index contributed by atoms with van der Waals surface area (Å²) in [6, 6.07) is 8.49. The number of nitrogens with zero attached hydrogens (tertiary/aromatic N) is 2. The van der Waals surface area contributed by atoms with Crippen LogP contribution in [-0.2, 0) is 4.79 Å². The summed E-state index contributed by atoms with van der Waals surface area (Å²) >= 11 is 0. The van der Waals surface area contributed by atoms with Crippen molar-refractivity contribution in [3.63, 3.8) is 0 Å². The van der Waals surface area contributed by atoms with Gasteiger partial charge in [0.05, 0.1) is 16.7 Å². The molecule has 1 aliphatic heterocycles. The van der Waals surface area contributed by atoms with Crippen LogP contribution in [0.5, 0.6) is 0 Å². The Labute approximate surface area is 147 Å². The first-order valence-electron chi connectivity index (χ1n) is 9.02. The standard InChI is InChI=1S/C21H23N3O/c1-15-8-11-17(12-9-15)24-19-7-5-3-2-4-6-18(19)21(23-24)16-10-13-20(25)22-14-16/h2,4,6-9,11-12,16H,3,5,10,13-14H2,1H3,(H,22,25)/b4-2+,18-6+,19-7+. The van der Waals surface area contributed by atoms with Gasteiger partial charge in [0.2, 0.25) is 5.91 Å². The van der Waals surface area contributed by atoms with Gasteiger partial charge in [-0.3, -0.25) is 4.79 Å². The molecule has 2 aliphatic rings. The van der Waals surface area contributed by atoms with Gasteiger partial charge in [0.25, 0.3) is 0 Å². The minimum absolute atomic E-state index is 0.146. The fourth-order valence-corrected chi connectivity index (χ4v) is 3.56. The third-order valence-electron chi connectivity index (χ3n) is 4.99. The van der Waals surface area contributed by atoms with Crippen molar-refractivity contribution in [3.05, 3.63) is 58.2 Å². The van der Waals surface area contributed by atoms with E-state index in [4.69, 9.17) is 5.10 Å². The summed E-state index contributed by atoms with van der Waals surface area (Å²) in [5, 5.41) is 10.3. The third-order valence-corrected chi connectivity index (χ3v) is 4.99. The van der Waals surface area contributed by atoms with Crippen LogP contribution in [0.1, 0.15) is 42.9 Å². The fourth-order valence-electron chi connectivity index (χ4n) is 3.56. The second kappa shape index (κ2) is 6.71. The molecule has 2 heterocycles. The van der Waals surface area contributed by atoms with Crippen molar-refractivity contribution in [1.82, 2.24) is 15.1 Å². The zero-order chi connectivity index (χ0) is 17.2. The first-order valence-corrected chi connectivity index (χ1v) is 9.02. The maximum absolute atomic E-state index is 11.5. The number of benzene rings is 1. The molecule has 25 heavy (non-hydrogen) atoms. The Morgan fingerprint density at radius 3 is 2.80 bits per heavy atom. The van der Waals surface area contributed by atoms with Crippen molar-refractivity contribution in [2.24, 2.45) is 0 Å². The number of carbonyl (C=O) groups excluding carboxylic acids is 1. The lowest BCUT2D eigenvalue weighted by Crippen LogP contribution is -2.37. The lowest BCUT2D eigenvalue weighted by Gasteiger charge is -2.20. The Morgan fingerprint density at radius 1 is 1.20 bits per heavy atom. The van der Waals surface area contributed by atoms with E-state index in [0.29, 0.717) is 13.0 Å². The van der Waals surface area contributed by atoms with Crippen LogP contribution in [0.3, 0.4) is 0 Å². The molecule has 1 N–H and O–H groups in total. The SMILES string of the molecule is Cc1ccc(-n2nc(C3CCC(=O)NC3)c3/c2=C\CC\C=C\C=3)cc1. The number of carbonyl (C=O) groups is 1. The Bertz CT molecular complexity index is 925. The minimum atomic E-state index is 0.146. The predicted octanol–water partition coefficient (Wildman–Crippen LogP) is 2.09. The first kappa shape index (κ1) is 15.9. The number of aryl methyl sites for hydroxylation is 1. The molecule has 1 saturated heterocycles. The van der Waals surface area contributed by atoms with Crippen LogP contribution in [-0.4, -0.2) is 22.2 Å². The normalized spacial score (nSPS) is 23.9. The van der Waals surface area contributed by atoms with Crippen LogP contribution in [0, 0.1) is 6.92 Å². The minimum Gasteiger partial charge on any atom is -0.355 e. The van der Waals surface area contributed by atoms with Gasteiger partial charge >= 0.3 is 0 Å². The van der Waals surface area contributed by atoms with Gasteiger partial charge < -0.3 is 5.32 Å². The predicted molar refractivity (Wildman–Crippen MR) is 99.8 cm³/mol. The maximum atomic E-state index is 11.5. The quantitative estimate of drug-likeness (QED) is 0.915. The first-order chi connectivity index (χ1) is 12.2. The van der Waals surface area contributed by atoms with Crippen molar-refractivity contribution in [2.45, 2.75) is 38.5 Å². The van der Waals surface area contributed by atoms with Crippen LogP contribution < -0.4 is 15.9 Å². The molecule has 1 amide bonds. The van der Waals surface area contributed by atoms with E-state index in [2.05, 4.69) is 65.5 Å². The zero-order valence-electron chi connectivity index (χ0n) is 14.5. The van der Waals surface area contributed by atoms with Gasteiger partial charge in [-0.15, -0.1) is 0 Å². The lowest BCUT2D eigenvalue weighted by atomic mass is 9.94. The molecule has 1 aliphatic carbocycles. The van der Waals surface area contributed by atoms with Gasteiger partial charge in [0.1, 0.15) is 0 Å². The maximum Gasteiger partial charge on any atom is 0.220 e. The van der Waals surface area contributed by atoms with Gasteiger partial charge in [-0.2, -0.15) is 5.10 Å². The van der Waals surface area contributed by atoms with E-state index >= 15 is 0 Å². The molecule has 0 spiro atoms. The van der Waals surface area contributed by atoms with E-state index in [9.17, 15) is 4.79 Å². The number of hydrogen-bond donors (Lipinski definition) is 1. The summed E-state index contributed by atoms with van der Waals surface area (Å²) in [6.07, 6.45) is 12.3. The topological polar surface area (TPSA) is 46.9 Å². The Kier molecular flexibility index (Phi) is 4.26. The molecule has 4 nitrogen and oxygen atoms in total. The molecule has 2 aromatic rings. The summed E-state index contributed by atoms with van der Waals surface area (Å²) in [6.45, 7) is 2.77. The molecule has 0 radical (unpaired) electrons. The van der Waals surface area contributed by atoms with E-state index in [1.165, 1.54) is 16.1 Å². The third kappa shape index (κ3) is 3.16. The highest BCUT2D eigenvalue weighted by molar-refractivity contribution is 5.76. The number of hydrogen-bond acceptors (Lipinski definition) is 2. The van der Waals surface area contributed by atoms with Crippen LogP contribution in [0.25, 0.3) is 17.8 Å². The van der Waals surface area contributed by atoms with Crippen molar-refractivity contribution in [1.29, 1.82) is 0 Å². The van der Waals surface area contributed by atoms with Gasteiger partial charge in [-0.25, -0.2) is 4.68 Å². The van der Waals surface area contributed by atoms with Crippen molar-refractivity contribution in [3.8, 4) is 5.69 Å². The smallest absolute Gasteiger partial charge is 0.220 e. The number of amides is 1. The number of aromatic nitrogens is 2. The lowest BCUT2D eigenvalue weighted by molar-refractivity contribution is -0.122. The van der Waals surface area contributed by atoms with Gasteiger partial charge in [0.15, 0.2) is 0 Å². The largest absolute Gasteiger partial charge is 0.355 e. The molecule has 1 aromatic heterocycles. The molecular weight excluding hydrogens is 310 g/mol. The average molecular weight is 333 g/mol. The van der Waals surface area contributed by atoms with Crippen LogP contribution in [0.4, 0.5) is 0 Å². The van der Waals surface area contributed by atoms with Gasteiger partial charge in [-0.05, 0) is 38.3 Å². The fraction of sp³-hybridized carbons (Fsp3) is 0.333. The highest BCUT2D eigenvalue weighted by atomic mass is 16.1. The van der Waals surface area contributed by atoms with E-state index in [-0.39, 0.29) is 11.8 Å². The number of nitrogens with one attached hydrogen (secondary N) is 1. The molecule has 1 fully saturated rings. The van der Waals surface area contributed by atoms with Gasteiger partial charge in [-0.1, -0.05) is 42.0 Å². The highest BCUT2D eigenvalue weighted by Crippen LogP contribution is 2.20. The van der Waals surface area contributed by atoms with E-state index in [1.807, 2.05) is 0 Å². The van der Waals surface area contributed by atoms with Crippen LogP contribution in [0.2, 0.25) is 0 Å². The van der Waals surface area contributed by atoms with E-state index in [0.717, 1.165) is 30.6 Å². The molecule has 1 unspecified atom stereocenters. The number of fused-ring (bicyclic) bond motifs is 1. The summed E-state index contributed by atoms with van der Waals surface area (Å²) < 4.78 is 2.07. The molecular formula is C21H23N3O. The van der Waals surface area contributed by atoms with E-state index in [1.54, 1.807) is 0 Å². The molecule has 4 heteroatoms. The highest BCUT2D eigenvalue weighted by Gasteiger charge is 2.24. The van der Waals surface area contributed by atoms with Crippen LogP contribution >= 0.6 is 0 Å². The molecule has 0 saturated carbocycles. The number of piperidine rings is 1. The number of rotatable bonds is 2. The Morgan fingerprint density at radius 2 is 2.04 bits per heavy atom. The van der Waals surface area contributed by atoms with Crippen LogP contribution in [0.15, 0.2) is 36.4 Å².